The molecule has 1 fully saturated rings. The van der Waals surface area contributed by atoms with Crippen LogP contribution in [0.3, 0.4) is 0 Å². The molecular weight excluding hydrogens is 402 g/mol. The molecule has 0 radical (unpaired) electrons. The fraction of sp³-hybridized carbons (Fsp3) is 0.400. The van der Waals surface area contributed by atoms with Gasteiger partial charge in [0.25, 0.3) is 0 Å². The van der Waals surface area contributed by atoms with E-state index in [0.717, 1.165) is 21.2 Å². The first-order chi connectivity index (χ1) is 11.7. The first-order valence-electron chi connectivity index (χ1n) is 8.57. The minimum Gasteiger partial charge on any atom is -0.316 e. The van der Waals surface area contributed by atoms with Gasteiger partial charge in [-0.3, -0.25) is 0 Å². The number of nitrogens with one attached hydrogen (secondary N) is 1. The van der Waals surface area contributed by atoms with Crippen molar-refractivity contribution in [3.05, 3.63) is 63.1 Å². The molecule has 1 heterocycles. The van der Waals surface area contributed by atoms with Crippen LogP contribution in [0.15, 0.2) is 51.8 Å². The van der Waals surface area contributed by atoms with E-state index in [2.05, 4.69) is 51.6 Å². The van der Waals surface area contributed by atoms with E-state index in [1.54, 1.807) is 0 Å². The Kier molecular flexibility index (Phi) is 7.08. The Balaban J connectivity index is 1.45. The van der Waals surface area contributed by atoms with E-state index in [9.17, 15) is 0 Å². The topological polar surface area (TPSA) is 12.0 Å². The summed E-state index contributed by atoms with van der Waals surface area (Å²) in [5.74, 6) is 1.85. The van der Waals surface area contributed by atoms with Crippen molar-refractivity contribution in [3.8, 4) is 0 Å². The van der Waals surface area contributed by atoms with Crippen LogP contribution in [0.25, 0.3) is 0 Å². The molecule has 0 amide bonds. The van der Waals surface area contributed by atoms with Crippen LogP contribution in [-0.2, 0) is 12.2 Å². The first kappa shape index (κ1) is 18.3. The van der Waals surface area contributed by atoms with Gasteiger partial charge in [0.05, 0.1) is 0 Å². The van der Waals surface area contributed by atoms with E-state index in [-0.39, 0.29) is 0 Å². The van der Waals surface area contributed by atoms with Crippen molar-refractivity contribution in [3.63, 3.8) is 0 Å². The van der Waals surface area contributed by atoms with Gasteiger partial charge in [-0.05, 0) is 80.1 Å². The van der Waals surface area contributed by atoms with E-state index >= 15 is 0 Å². The average molecular weight is 425 g/mol. The molecule has 0 spiro atoms. The SMILES string of the molecule is Clc1ccc(CSc2ccc(CCCC3CCNC3)cc2)c(Br)c1. The summed E-state index contributed by atoms with van der Waals surface area (Å²) in [7, 11) is 0. The lowest BCUT2D eigenvalue weighted by atomic mass is 9.99. The van der Waals surface area contributed by atoms with Crippen LogP contribution < -0.4 is 5.32 Å². The standard InChI is InChI=1S/C20H23BrClNS/c21-20-12-18(22)7-6-17(20)14-24-19-8-4-15(5-9-19)2-1-3-16-10-11-23-13-16/h4-9,12,16,23H,1-3,10-11,13-14H2. The second-order valence-corrected chi connectivity index (χ2v) is 8.76. The maximum Gasteiger partial charge on any atom is 0.0417 e. The minimum atomic E-state index is 0.772. The zero-order valence-electron chi connectivity index (χ0n) is 13.7. The molecular formula is C20H23BrClNS. The number of hydrogen-bond donors (Lipinski definition) is 1. The largest absolute Gasteiger partial charge is 0.316 e. The van der Waals surface area contributed by atoms with Gasteiger partial charge >= 0.3 is 0 Å². The molecule has 4 heteroatoms. The molecule has 128 valence electrons. The summed E-state index contributed by atoms with van der Waals surface area (Å²) in [6.07, 6.45) is 5.21. The smallest absolute Gasteiger partial charge is 0.0417 e. The molecule has 1 aliphatic heterocycles. The molecule has 1 N–H and O–H groups in total. The Morgan fingerprint density at radius 3 is 2.71 bits per heavy atom. The summed E-state index contributed by atoms with van der Waals surface area (Å²) in [4.78, 5) is 1.32. The highest BCUT2D eigenvalue weighted by Gasteiger charge is 2.13. The van der Waals surface area contributed by atoms with Gasteiger partial charge in [0, 0.05) is 20.1 Å². The predicted octanol–water partition coefficient (Wildman–Crippen LogP) is 6.33. The Morgan fingerprint density at radius 2 is 2.00 bits per heavy atom. The fourth-order valence-electron chi connectivity index (χ4n) is 3.11. The van der Waals surface area contributed by atoms with E-state index < -0.39 is 0 Å². The monoisotopic (exact) mass is 423 g/mol. The lowest BCUT2D eigenvalue weighted by Crippen LogP contribution is -2.08. The highest BCUT2D eigenvalue weighted by molar-refractivity contribution is 9.10. The zero-order valence-corrected chi connectivity index (χ0v) is 16.9. The molecule has 1 saturated heterocycles. The lowest BCUT2D eigenvalue weighted by molar-refractivity contribution is 0.510. The van der Waals surface area contributed by atoms with Gasteiger partial charge < -0.3 is 5.32 Å². The summed E-state index contributed by atoms with van der Waals surface area (Å²) >= 11 is 11.4. The van der Waals surface area contributed by atoms with E-state index in [1.807, 2.05) is 23.9 Å². The third kappa shape index (κ3) is 5.52. The summed E-state index contributed by atoms with van der Waals surface area (Å²) in [6, 6.07) is 15.1. The third-order valence-electron chi connectivity index (χ3n) is 4.57. The van der Waals surface area contributed by atoms with Crippen molar-refractivity contribution in [1.82, 2.24) is 5.32 Å². The number of hydrogen-bond acceptors (Lipinski definition) is 2. The molecule has 1 nitrogen and oxygen atoms in total. The highest BCUT2D eigenvalue weighted by Crippen LogP contribution is 2.29. The van der Waals surface area contributed by atoms with Crippen molar-refractivity contribution in [1.29, 1.82) is 0 Å². The lowest BCUT2D eigenvalue weighted by Gasteiger charge is -2.09. The molecule has 24 heavy (non-hydrogen) atoms. The fourth-order valence-corrected chi connectivity index (χ4v) is 5.02. The minimum absolute atomic E-state index is 0.772. The van der Waals surface area contributed by atoms with Crippen LogP contribution in [0.2, 0.25) is 5.02 Å². The van der Waals surface area contributed by atoms with Crippen molar-refractivity contribution >= 4 is 39.3 Å². The number of rotatable bonds is 7. The molecule has 2 aromatic carbocycles. The predicted molar refractivity (Wildman–Crippen MR) is 109 cm³/mol. The normalized spacial score (nSPS) is 17.3. The van der Waals surface area contributed by atoms with Gasteiger partial charge in [-0.1, -0.05) is 45.7 Å². The van der Waals surface area contributed by atoms with Crippen molar-refractivity contribution < 1.29 is 0 Å². The number of halogens is 2. The summed E-state index contributed by atoms with van der Waals surface area (Å²) in [5, 5.41) is 4.22. The molecule has 0 bridgehead atoms. The summed E-state index contributed by atoms with van der Waals surface area (Å²) in [5.41, 5.74) is 2.73. The van der Waals surface area contributed by atoms with Crippen LogP contribution in [-0.4, -0.2) is 13.1 Å². The van der Waals surface area contributed by atoms with E-state index in [0.29, 0.717) is 0 Å². The second-order valence-electron chi connectivity index (χ2n) is 6.42. The third-order valence-corrected chi connectivity index (χ3v) is 6.61. The van der Waals surface area contributed by atoms with Crippen molar-refractivity contribution in [2.24, 2.45) is 5.92 Å². The average Bonchev–Trinajstić information content (AvgIpc) is 3.09. The Bertz CT molecular complexity index is 653. The Hall–Kier alpha value is -0.480. The van der Waals surface area contributed by atoms with Crippen molar-refractivity contribution in [2.75, 3.05) is 13.1 Å². The van der Waals surface area contributed by atoms with Crippen LogP contribution in [0.4, 0.5) is 0 Å². The van der Waals surface area contributed by atoms with Crippen LogP contribution in [0, 0.1) is 5.92 Å². The van der Waals surface area contributed by atoms with Gasteiger partial charge in [0.1, 0.15) is 0 Å². The van der Waals surface area contributed by atoms with E-state index in [1.165, 1.54) is 54.8 Å². The van der Waals surface area contributed by atoms with Crippen LogP contribution in [0.1, 0.15) is 30.4 Å². The van der Waals surface area contributed by atoms with Gasteiger partial charge in [-0.2, -0.15) is 0 Å². The van der Waals surface area contributed by atoms with Crippen LogP contribution in [0.5, 0.6) is 0 Å². The Morgan fingerprint density at radius 1 is 1.17 bits per heavy atom. The van der Waals surface area contributed by atoms with E-state index in [4.69, 9.17) is 11.6 Å². The molecule has 0 saturated carbocycles. The first-order valence-corrected chi connectivity index (χ1v) is 10.7. The second kappa shape index (κ2) is 9.28. The Labute approximate surface area is 162 Å². The van der Waals surface area contributed by atoms with Gasteiger partial charge in [-0.15, -0.1) is 11.8 Å². The molecule has 3 rings (SSSR count). The molecule has 0 aromatic heterocycles. The van der Waals surface area contributed by atoms with Gasteiger partial charge in [-0.25, -0.2) is 0 Å². The maximum absolute atomic E-state index is 5.99. The van der Waals surface area contributed by atoms with Crippen molar-refractivity contribution in [2.45, 2.75) is 36.3 Å². The highest BCUT2D eigenvalue weighted by atomic mass is 79.9. The quantitative estimate of drug-likeness (QED) is 0.521. The molecule has 2 aromatic rings. The van der Waals surface area contributed by atoms with Gasteiger partial charge in [0.15, 0.2) is 0 Å². The molecule has 1 atom stereocenters. The number of benzene rings is 2. The number of thioether (sulfide) groups is 1. The van der Waals surface area contributed by atoms with Crippen LogP contribution >= 0.6 is 39.3 Å². The zero-order chi connectivity index (χ0) is 16.8. The molecule has 0 aliphatic carbocycles. The molecule has 1 unspecified atom stereocenters. The van der Waals surface area contributed by atoms with Gasteiger partial charge in [0.2, 0.25) is 0 Å². The number of aryl methyl sites for hydroxylation is 1. The maximum atomic E-state index is 5.99. The summed E-state index contributed by atoms with van der Waals surface area (Å²) in [6.45, 7) is 2.43. The summed E-state index contributed by atoms with van der Waals surface area (Å²) < 4.78 is 1.08. The molecule has 1 aliphatic rings.